The minimum Gasteiger partial charge on any atom is -0.457 e. The summed E-state index contributed by atoms with van der Waals surface area (Å²) >= 11 is 1.63. The van der Waals surface area contributed by atoms with Crippen LogP contribution in [0.3, 0.4) is 0 Å². The predicted octanol–water partition coefficient (Wildman–Crippen LogP) is 4.29. The summed E-state index contributed by atoms with van der Waals surface area (Å²) in [6.07, 6.45) is 10.4. The van der Waals surface area contributed by atoms with Crippen molar-refractivity contribution in [1.82, 2.24) is 4.98 Å². The van der Waals surface area contributed by atoms with Crippen LogP contribution in [-0.2, 0) is 9.53 Å². The van der Waals surface area contributed by atoms with E-state index >= 15 is 0 Å². The number of ether oxygens (including phenoxy) is 1. The Kier molecular flexibility index (Phi) is 5.53. The molecule has 3 nitrogen and oxygen atoms in total. The minimum atomic E-state index is -0.168. The van der Waals surface area contributed by atoms with E-state index in [1.165, 1.54) is 0 Å². The van der Waals surface area contributed by atoms with Gasteiger partial charge in [0.1, 0.15) is 6.10 Å². The maximum absolute atomic E-state index is 11.8. The number of esters is 1. The number of carbonyl (C=O) groups is 1. The number of carbonyl (C=O) groups excluding carboxylic acids is 1. The number of nitrogens with zero attached hydrogens (tertiary/aromatic N) is 1. The lowest BCUT2D eigenvalue weighted by Crippen LogP contribution is -2.19. The second kappa shape index (κ2) is 7.39. The summed E-state index contributed by atoms with van der Waals surface area (Å²) < 4.78 is 5.58. The molecule has 0 unspecified atom stereocenters. The average Bonchev–Trinajstić information content (AvgIpc) is 2.82. The smallest absolute Gasteiger partial charge is 0.306 e. The molecule has 0 amide bonds. The predicted molar refractivity (Wildman–Crippen MR) is 82.6 cm³/mol. The van der Waals surface area contributed by atoms with Gasteiger partial charge in [0.05, 0.1) is 10.7 Å². The lowest BCUT2D eigenvalue weighted by atomic mass is 10.1. The average molecular weight is 291 g/mol. The van der Waals surface area contributed by atoms with Crippen LogP contribution in [-0.4, -0.2) is 17.1 Å². The topological polar surface area (TPSA) is 39.2 Å². The van der Waals surface area contributed by atoms with E-state index in [-0.39, 0.29) is 12.1 Å². The third kappa shape index (κ3) is 4.60. The van der Waals surface area contributed by atoms with Gasteiger partial charge in [-0.1, -0.05) is 12.2 Å². The number of hydrogen-bond acceptors (Lipinski definition) is 4. The number of aryl methyl sites for hydroxylation is 1. The molecule has 0 saturated carbocycles. The van der Waals surface area contributed by atoms with Crippen LogP contribution in [0.15, 0.2) is 23.1 Å². The minimum absolute atomic E-state index is 0.0903. The third-order valence-electron chi connectivity index (χ3n) is 3.31. The molecule has 0 aromatic carbocycles. The highest BCUT2D eigenvalue weighted by atomic mass is 32.1. The molecule has 2 heterocycles. The summed E-state index contributed by atoms with van der Waals surface area (Å²) in [4.78, 5) is 16.2. The fourth-order valence-corrected chi connectivity index (χ4v) is 2.76. The van der Waals surface area contributed by atoms with Crippen molar-refractivity contribution < 1.29 is 9.53 Å². The number of hydrogen-bond donors (Lipinski definition) is 0. The highest BCUT2D eigenvalue weighted by Gasteiger charge is 2.16. The summed E-state index contributed by atoms with van der Waals surface area (Å²) in [5.41, 5.74) is 2.00. The van der Waals surface area contributed by atoms with Gasteiger partial charge in [-0.3, -0.25) is 4.79 Å². The van der Waals surface area contributed by atoms with Crippen LogP contribution in [0.5, 0.6) is 0 Å². The van der Waals surface area contributed by atoms with E-state index in [9.17, 15) is 4.79 Å². The molecule has 20 heavy (non-hydrogen) atoms. The molecule has 1 aromatic heterocycles. The lowest BCUT2D eigenvalue weighted by Gasteiger charge is -2.18. The molecule has 0 fully saturated rings. The molecule has 0 spiro atoms. The van der Waals surface area contributed by atoms with Gasteiger partial charge in [-0.15, -0.1) is 11.3 Å². The molecule has 0 radical (unpaired) electrons. The fraction of sp³-hybridized carbons (Fsp3) is 0.500. The molecule has 0 bridgehead atoms. The van der Waals surface area contributed by atoms with Crippen LogP contribution in [0.4, 0.5) is 0 Å². The molecule has 108 valence electrons. The summed E-state index contributed by atoms with van der Waals surface area (Å²) in [7, 11) is 0. The first-order valence-electron chi connectivity index (χ1n) is 7.10. The van der Waals surface area contributed by atoms with E-state index in [4.69, 9.17) is 4.74 Å². The number of cyclic esters (lactones) is 1. The molecule has 1 aliphatic heterocycles. The number of allylic oxidation sites excluding steroid dienone is 1. The maximum Gasteiger partial charge on any atom is 0.306 e. The summed E-state index contributed by atoms with van der Waals surface area (Å²) in [6, 6.07) is 0. The number of rotatable bonds is 2. The van der Waals surface area contributed by atoms with Gasteiger partial charge in [0.25, 0.3) is 0 Å². The Labute approximate surface area is 124 Å². The molecule has 1 atom stereocenters. The second-order valence-electron chi connectivity index (χ2n) is 5.11. The van der Waals surface area contributed by atoms with Gasteiger partial charge in [-0.25, -0.2) is 4.98 Å². The van der Waals surface area contributed by atoms with E-state index < -0.39 is 0 Å². The first kappa shape index (κ1) is 15.0. The first-order chi connectivity index (χ1) is 9.65. The van der Waals surface area contributed by atoms with E-state index in [1.807, 2.05) is 25.3 Å². The Bertz CT molecular complexity index is 516. The second-order valence-corrected chi connectivity index (χ2v) is 6.17. The number of thiazole rings is 1. The van der Waals surface area contributed by atoms with Gasteiger partial charge in [0, 0.05) is 18.2 Å². The molecule has 4 heteroatoms. The monoisotopic (exact) mass is 291 g/mol. The summed E-state index contributed by atoms with van der Waals surface area (Å²) in [6.45, 7) is 4.00. The molecule has 0 saturated heterocycles. The zero-order chi connectivity index (χ0) is 14.4. The van der Waals surface area contributed by atoms with Crippen molar-refractivity contribution in [3.05, 3.63) is 33.8 Å². The van der Waals surface area contributed by atoms with Crippen LogP contribution in [0, 0.1) is 6.92 Å². The van der Waals surface area contributed by atoms with E-state index in [0.29, 0.717) is 6.42 Å². The van der Waals surface area contributed by atoms with Crippen molar-refractivity contribution in [3.63, 3.8) is 0 Å². The molecule has 0 N–H and O–H groups in total. The van der Waals surface area contributed by atoms with Crippen LogP contribution in [0.1, 0.15) is 49.7 Å². The molecule has 2 rings (SSSR count). The summed E-state index contributed by atoms with van der Waals surface area (Å²) in [5.74, 6) is -0.0903. The van der Waals surface area contributed by atoms with Crippen LogP contribution < -0.4 is 0 Å². The van der Waals surface area contributed by atoms with Gasteiger partial charge in [0.15, 0.2) is 0 Å². The Morgan fingerprint density at radius 1 is 1.45 bits per heavy atom. The SMILES string of the molecule is CC(=Cc1csc(C)n1)[C@@H]1CC=CCCCCC(=O)O1. The summed E-state index contributed by atoms with van der Waals surface area (Å²) in [5, 5.41) is 3.07. The van der Waals surface area contributed by atoms with Crippen LogP contribution in [0.25, 0.3) is 6.08 Å². The molecule has 1 aliphatic rings. The Morgan fingerprint density at radius 2 is 2.30 bits per heavy atom. The van der Waals surface area contributed by atoms with Crippen LogP contribution >= 0.6 is 11.3 Å². The van der Waals surface area contributed by atoms with Crippen molar-refractivity contribution in [2.45, 2.75) is 52.1 Å². The van der Waals surface area contributed by atoms with Crippen LogP contribution in [0.2, 0.25) is 0 Å². The largest absolute Gasteiger partial charge is 0.457 e. The standard InChI is InChI=1S/C16H21NO2S/c1-12(10-14-11-20-13(2)17-14)15-8-6-4-3-5-7-9-16(18)19-15/h4,6,10-11,15H,3,5,7-9H2,1-2H3/t15-/m0/s1. The quantitative estimate of drug-likeness (QED) is 0.603. The molecular weight excluding hydrogens is 270 g/mol. The molecular formula is C16H21NO2S. The van der Waals surface area contributed by atoms with Crippen molar-refractivity contribution in [2.75, 3.05) is 0 Å². The van der Waals surface area contributed by atoms with Crippen molar-refractivity contribution in [2.24, 2.45) is 0 Å². The zero-order valence-corrected chi connectivity index (χ0v) is 12.9. The first-order valence-corrected chi connectivity index (χ1v) is 7.98. The van der Waals surface area contributed by atoms with Gasteiger partial charge in [-0.05, 0) is 44.8 Å². The lowest BCUT2D eigenvalue weighted by molar-refractivity contribution is -0.147. The van der Waals surface area contributed by atoms with Gasteiger partial charge in [-0.2, -0.15) is 0 Å². The normalized spacial score (nSPS) is 21.6. The third-order valence-corrected chi connectivity index (χ3v) is 4.10. The Morgan fingerprint density at radius 3 is 3.05 bits per heavy atom. The van der Waals surface area contributed by atoms with Crippen molar-refractivity contribution in [1.29, 1.82) is 0 Å². The van der Waals surface area contributed by atoms with Gasteiger partial charge in [0.2, 0.25) is 0 Å². The molecule has 1 aromatic rings. The highest BCUT2D eigenvalue weighted by molar-refractivity contribution is 7.09. The Balaban J connectivity index is 2.11. The maximum atomic E-state index is 11.8. The van der Waals surface area contributed by atoms with E-state index in [0.717, 1.165) is 42.0 Å². The fourth-order valence-electron chi connectivity index (χ4n) is 2.19. The zero-order valence-electron chi connectivity index (χ0n) is 12.1. The number of aromatic nitrogens is 1. The van der Waals surface area contributed by atoms with Gasteiger partial charge < -0.3 is 4.74 Å². The highest BCUT2D eigenvalue weighted by Crippen LogP contribution is 2.19. The van der Waals surface area contributed by atoms with E-state index in [2.05, 4.69) is 17.1 Å². The molecule has 0 aliphatic carbocycles. The van der Waals surface area contributed by atoms with Crippen molar-refractivity contribution >= 4 is 23.4 Å². The van der Waals surface area contributed by atoms with Crippen molar-refractivity contribution in [3.8, 4) is 0 Å². The Hall–Kier alpha value is -1.42. The van der Waals surface area contributed by atoms with Gasteiger partial charge >= 0.3 is 5.97 Å². The van der Waals surface area contributed by atoms with E-state index in [1.54, 1.807) is 11.3 Å².